The number of nitrogens with zero attached hydrogens (tertiary/aromatic N) is 1. The van der Waals surface area contributed by atoms with E-state index in [1.54, 1.807) is 11.3 Å². The van der Waals surface area contributed by atoms with Crippen molar-refractivity contribution >= 4 is 21.6 Å². The number of rotatable bonds is 4. The maximum absolute atomic E-state index is 4.63. The van der Waals surface area contributed by atoms with Crippen molar-refractivity contribution in [3.63, 3.8) is 0 Å². The van der Waals surface area contributed by atoms with E-state index in [1.165, 1.54) is 21.4 Å². The van der Waals surface area contributed by atoms with E-state index in [-0.39, 0.29) is 0 Å². The molecule has 20 heavy (non-hydrogen) atoms. The smallest absolute Gasteiger partial charge is 0.108 e. The summed E-state index contributed by atoms with van der Waals surface area (Å²) in [6.45, 7) is 6.02. The van der Waals surface area contributed by atoms with Gasteiger partial charge >= 0.3 is 0 Å². The second kappa shape index (κ2) is 5.73. The zero-order chi connectivity index (χ0) is 13.9. The molecule has 1 heterocycles. The number of nitrogens with one attached hydrogen (secondary N) is 1. The molecule has 0 saturated carbocycles. The molecule has 0 atom stereocenters. The van der Waals surface area contributed by atoms with Gasteiger partial charge in [0.2, 0.25) is 0 Å². The highest BCUT2D eigenvalue weighted by Gasteiger charge is 2.03. The van der Waals surface area contributed by atoms with Crippen molar-refractivity contribution in [1.82, 2.24) is 10.3 Å². The monoisotopic (exact) mass is 282 g/mol. The van der Waals surface area contributed by atoms with Crippen LogP contribution in [-0.4, -0.2) is 4.98 Å². The highest BCUT2D eigenvalue weighted by atomic mass is 32.1. The summed E-state index contributed by atoms with van der Waals surface area (Å²) in [7, 11) is 0. The third kappa shape index (κ3) is 2.89. The number of hydrogen-bond acceptors (Lipinski definition) is 3. The summed E-state index contributed by atoms with van der Waals surface area (Å²) < 4.78 is 1.26. The Hall–Kier alpha value is -1.71. The van der Waals surface area contributed by atoms with Crippen molar-refractivity contribution in [1.29, 1.82) is 0 Å². The molecule has 2 nitrogen and oxygen atoms in total. The molecule has 0 fully saturated rings. The van der Waals surface area contributed by atoms with Gasteiger partial charge in [0.25, 0.3) is 0 Å². The molecule has 0 radical (unpaired) electrons. The van der Waals surface area contributed by atoms with Crippen LogP contribution in [0.25, 0.3) is 10.2 Å². The minimum atomic E-state index is 0.826. The van der Waals surface area contributed by atoms with Crippen molar-refractivity contribution in [3.8, 4) is 0 Å². The fourth-order valence-electron chi connectivity index (χ4n) is 2.22. The van der Waals surface area contributed by atoms with E-state index in [0.717, 1.165) is 23.6 Å². The molecule has 0 aliphatic carbocycles. The summed E-state index contributed by atoms with van der Waals surface area (Å²) >= 11 is 1.76. The Morgan fingerprint density at radius 2 is 1.85 bits per heavy atom. The van der Waals surface area contributed by atoms with Crippen LogP contribution < -0.4 is 5.32 Å². The fourth-order valence-corrected chi connectivity index (χ4v) is 3.16. The molecule has 2 aromatic carbocycles. The lowest BCUT2D eigenvalue weighted by Crippen LogP contribution is -2.12. The van der Waals surface area contributed by atoms with Crippen LogP contribution in [0.15, 0.2) is 42.5 Å². The Morgan fingerprint density at radius 3 is 2.65 bits per heavy atom. The summed E-state index contributed by atoms with van der Waals surface area (Å²) in [5, 5.41) is 4.62. The molecule has 0 saturated heterocycles. The second-order valence-electron chi connectivity index (χ2n) is 5.10. The van der Waals surface area contributed by atoms with Gasteiger partial charge < -0.3 is 5.32 Å². The molecule has 0 aliphatic heterocycles. The molecule has 1 aromatic heterocycles. The lowest BCUT2D eigenvalue weighted by Gasteiger charge is -2.06. The van der Waals surface area contributed by atoms with Crippen LogP contribution in [0, 0.1) is 13.8 Å². The van der Waals surface area contributed by atoms with E-state index < -0.39 is 0 Å². The Balaban J connectivity index is 1.63. The third-order valence-corrected chi connectivity index (χ3v) is 4.55. The molecule has 1 N–H and O–H groups in total. The quantitative estimate of drug-likeness (QED) is 0.775. The minimum absolute atomic E-state index is 0.826. The lowest BCUT2D eigenvalue weighted by atomic mass is 10.1. The largest absolute Gasteiger partial charge is 0.306 e. The first-order valence-corrected chi connectivity index (χ1v) is 7.65. The van der Waals surface area contributed by atoms with Gasteiger partial charge in [0.1, 0.15) is 5.01 Å². The fraction of sp³-hybridized carbons (Fsp3) is 0.235. The molecule has 3 aromatic rings. The maximum atomic E-state index is 4.63. The zero-order valence-corrected chi connectivity index (χ0v) is 12.6. The molecule has 3 rings (SSSR count). The molecule has 102 valence electrons. The molecule has 0 spiro atoms. The Labute approximate surface area is 123 Å². The molecule has 0 bridgehead atoms. The number of thiazole rings is 1. The Bertz CT molecular complexity index is 698. The summed E-state index contributed by atoms with van der Waals surface area (Å²) in [6, 6.07) is 14.9. The van der Waals surface area contributed by atoms with Gasteiger partial charge in [0.05, 0.1) is 10.2 Å². The molecular formula is C17H18N2S. The van der Waals surface area contributed by atoms with Gasteiger partial charge in [-0.15, -0.1) is 11.3 Å². The van der Waals surface area contributed by atoms with E-state index in [2.05, 4.69) is 60.5 Å². The number of aryl methyl sites for hydroxylation is 2. The molecule has 0 unspecified atom stereocenters. The average Bonchev–Trinajstić information content (AvgIpc) is 2.85. The van der Waals surface area contributed by atoms with Crippen molar-refractivity contribution in [3.05, 3.63) is 64.2 Å². The molecular weight excluding hydrogens is 264 g/mol. The number of aromatic nitrogens is 1. The van der Waals surface area contributed by atoms with Gasteiger partial charge in [-0.05, 0) is 42.7 Å². The predicted molar refractivity (Wildman–Crippen MR) is 86.1 cm³/mol. The number of fused-ring (bicyclic) bond motifs is 1. The Morgan fingerprint density at radius 1 is 1.00 bits per heavy atom. The standard InChI is InChI=1S/C17H18N2S/c1-12-7-8-14(9-13(12)2)10-18-11-17-19-15-5-3-4-6-16(15)20-17/h3-9,18H,10-11H2,1-2H3. The van der Waals surface area contributed by atoms with Crippen molar-refractivity contribution in [2.45, 2.75) is 26.9 Å². The van der Waals surface area contributed by atoms with E-state index >= 15 is 0 Å². The van der Waals surface area contributed by atoms with Gasteiger partial charge in [0.15, 0.2) is 0 Å². The van der Waals surface area contributed by atoms with Crippen LogP contribution in [0.3, 0.4) is 0 Å². The van der Waals surface area contributed by atoms with E-state index in [9.17, 15) is 0 Å². The maximum Gasteiger partial charge on any atom is 0.108 e. The first-order chi connectivity index (χ1) is 9.72. The van der Waals surface area contributed by atoms with Gasteiger partial charge in [0, 0.05) is 13.1 Å². The Kier molecular flexibility index (Phi) is 3.81. The van der Waals surface area contributed by atoms with Crippen LogP contribution in [0.5, 0.6) is 0 Å². The van der Waals surface area contributed by atoms with Crippen LogP contribution in [-0.2, 0) is 13.1 Å². The average molecular weight is 282 g/mol. The van der Waals surface area contributed by atoms with Gasteiger partial charge in [-0.25, -0.2) is 4.98 Å². The zero-order valence-electron chi connectivity index (χ0n) is 11.8. The molecule has 0 aliphatic rings. The second-order valence-corrected chi connectivity index (χ2v) is 6.21. The SMILES string of the molecule is Cc1ccc(CNCc2nc3ccccc3s2)cc1C. The summed E-state index contributed by atoms with van der Waals surface area (Å²) in [5.41, 5.74) is 5.12. The van der Waals surface area contributed by atoms with Gasteiger partial charge in [-0.2, -0.15) is 0 Å². The highest BCUT2D eigenvalue weighted by molar-refractivity contribution is 7.18. The van der Waals surface area contributed by atoms with Gasteiger partial charge in [-0.3, -0.25) is 0 Å². The third-order valence-electron chi connectivity index (χ3n) is 3.51. The van der Waals surface area contributed by atoms with Crippen LogP contribution >= 0.6 is 11.3 Å². The summed E-state index contributed by atoms with van der Waals surface area (Å²) in [4.78, 5) is 4.63. The topological polar surface area (TPSA) is 24.9 Å². The van der Waals surface area contributed by atoms with Crippen molar-refractivity contribution < 1.29 is 0 Å². The normalized spacial score (nSPS) is 11.1. The first kappa shape index (κ1) is 13.3. The van der Waals surface area contributed by atoms with Crippen molar-refractivity contribution in [2.24, 2.45) is 0 Å². The molecule has 0 amide bonds. The number of benzene rings is 2. The highest BCUT2D eigenvalue weighted by Crippen LogP contribution is 2.21. The first-order valence-electron chi connectivity index (χ1n) is 6.84. The summed E-state index contributed by atoms with van der Waals surface area (Å²) in [6.07, 6.45) is 0. The van der Waals surface area contributed by atoms with Crippen LogP contribution in [0.2, 0.25) is 0 Å². The number of para-hydroxylation sites is 1. The van der Waals surface area contributed by atoms with E-state index in [0.29, 0.717) is 0 Å². The molecule has 3 heteroatoms. The number of hydrogen-bond donors (Lipinski definition) is 1. The van der Waals surface area contributed by atoms with Gasteiger partial charge in [-0.1, -0.05) is 30.3 Å². The van der Waals surface area contributed by atoms with Crippen LogP contribution in [0.4, 0.5) is 0 Å². The minimum Gasteiger partial charge on any atom is -0.306 e. The van der Waals surface area contributed by atoms with E-state index in [1.807, 2.05) is 6.07 Å². The van der Waals surface area contributed by atoms with Crippen LogP contribution in [0.1, 0.15) is 21.7 Å². The van der Waals surface area contributed by atoms with Crippen molar-refractivity contribution in [2.75, 3.05) is 0 Å². The predicted octanol–water partition coefficient (Wildman–Crippen LogP) is 4.20. The summed E-state index contributed by atoms with van der Waals surface area (Å²) in [5.74, 6) is 0. The van der Waals surface area contributed by atoms with E-state index in [4.69, 9.17) is 0 Å². The lowest BCUT2D eigenvalue weighted by molar-refractivity contribution is 0.690.